The lowest BCUT2D eigenvalue weighted by atomic mass is 10.0. The molecule has 4 N–H and O–H groups in total. The third-order valence-corrected chi connectivity index (χ3v) is 4.86. The number of likely N-dealkylation sites (tertiary alicyclic amines) is 1. The molecule has 1 aliphatic heterocycles. The SMILES string of the molecule is CC(=N)c1cc(-c2cncc(NC3CCN(C(C)C)CC3)n2)cnc1N. The molecular weight excluding hydrogens is 326 g/mol. The normalized spacial score (nSPS) is 16.0. The lowest BCUT2D eigenvalue weighted by Crippen LogP contribution is -2.42. The fourth-order valence-electron chi connectivity index (χ4n) is 3.26. The number of nitrogens with two attached hydrogens (primary N) is 1. The van der Waals surface area contributed by atoms with Gasteiger partial charge in [0.15, 0.2) is 0 Å². The number of anilines is 2. The average Bonchev–Trinajstić information content (AvgIpc) is 2.62. The van der Waals surface area contributed by atoms with Crippen LogP contribution in [0, 0.1) is 5.41 Å². The molecule has 3 rings (SSSR count). The molecule has 0 aliphatic carbocycles. The molecule has 1 saturated heterocycles. The van der Waals surface area contributed by atoms with Gasteiger partial charge in [-0.3, -0.25) is 4.98 Å². The topological polar surface area (TPSA) is 104 Å². The number of nitrogen functional groups attached to an aromatic ring is 1. The quantitative estimate of drug-likeness (QED) is 0.714. The Morgan fingerprint density at radius 2 is 2.00 bits per heavy atom. The first-order valence-corrected chi connectivity index (χ1v) is 9.08. The van der Waals surface area contributed by atoms with Gasteiger partial charge in [0, 0.05) is 48.2 Å². The van der Waals surface area contributed by atoms with Gasteiger partial charge < -0.3 is 21.4 Å². The first kappa shape index (κ1) is 18.3. The van der Waals surface area contributed by atoms with E-state index in [2.05, 4.69) is 39.0 Å². The van der Waals surface area contributed by atoms with Gasteiger partial charge in [0.1, 0.15) is 11.6 Å². The largest absolute Gasteiger partial charge is 0.383 e. The number of rotatable bonds is 5. The van der Waals surface area contributed by atoms with Crippen LogP contribution in [0.2, 0.25) is 0 Å². The highest BCUT2D eigenvalue weighted by Crippen LogP contribution is 2.22. The minimum Gasteiger partial charge on any atom is -0.383 e. The van der Waals surface area contributed by atoms with Crippen LogP contribution in [0.25, 0.3) is 11.3 Å². The molecule has 0 saturated carbocycles. The van der Waals surface area contributed by atoms with E-state index in [1.807, 2.05) is 6.07 Å². The van der Waals surface area contributed by atoms with Crippen molar-refractivity contribution in [3.63, 3.8) is 0 Å². The number of piperidine rings is 1. The molecular formula is C19H27N7. The smallest absolute Gasteiger partial charge is 0.145 e. The summed E-state index contributed by atoms with van der Waals surface area (Å²) >= 11 is 0. The molecule has 1 aliphatic rings. The fourth-order valence-corrected chi connectivity index (χ4v) is 3.26. The van der Waals surface area contributed by atoms with E-state index in [0.29, 0.717) is 29.2 Å². The van der Waals surface area contributed by atoms with Gasteiger partial charge in [-0.1, -0.05) is 0 Å². The number of pyridine rings is 1. The summed E-state index contributed by atoms with van der Waals surface area (Å²) in [7, 11) is 0. The minimum absolute atomic E-state index is 0.361. The van der Waals surface area contributed by atoms with Crippen molar-refractivity contribution in [1.29, 1.82) is 5.41 Å². The molecule has 2 aromatic heterocycles. The van der Waals surface area contributed by atoms with E-state index >= 15 is 0 Å². The zero-order valence-corrected chi connectivity index (χ0v) is 15.7. The molecule has 26 heavy (non-hydrogen) atoms. The summed E-state index contributed by atoms with van der Waals surface area (Å²) in [5.74, 6) is 1.14. The van der Waals surface area contributed by atoms with Crippen LogP contribution >= 0.6 is 0 Å². The van der Waals surface area contributed by atoms with Crippen LogP contribution in [0.1, 0.15) is 39.2 Å². The molecule has 0 amide bonds. The van der Waals surface area contributed by atoms with Crippen LogP contribution in [-0.2, 0) is 0 Å². The molecule has 138 valence electrons. The van der Waals surface area contributed by atoms with Gasteiger partial charge in [-0.15, -0.1) is 0 Å². The zero-order valence-electron chi connectivity index (χ0n) is 15.7. The Morgan fingerprint density at radius 1 is 1.27 bits per heavy atom. The highest BCUT2D eigenvalue weighted by Gasteiger charge is 2.21. The van der Waals surface area contributed by atoms with E-state index in [1.165, 1.54) is 0 Å². The third-order valence-electron chi connectivity index (χ3n) is 4.86. The van der Waals surface area contributed by atoms with Crippen molar-refractivity contribution in [3.05, 3.63) is 30.2 Å². The summed E-state index contributed by atoms with van der Waals surface area (Å²) in [6.45, 7) is 8.39. The monoisotopic (exact) mass is 353 g/mol. The minimum atomic E-state index is 0.361. The Balaban J connectivity index is 1.73. The standard InChI is InChI=1S/C19H27N7/c1-12(2)26-6-4-15(5-7-26)24-18-11-22-10-17(25-18)14-8-16(13(3)20)19(21)23-9-14/h8-12,15,20H,4-7H2,1-3H3,(H2,21,23)(H,24,25). The van der Waals surface area contributed by atoms with Crippen molar-refractivity contribution < 1.29 is 0 Å². The van der Waals surface area contributed by atoms with E-state index in [4.69, 9.17) is 11.1 Å². The van der Waals surface area contributed by atoms with Gasteiger partial charge in [0.2, 0.25) is 0 Å². The van der Waals surface area contributed by atoms with E-state index in [0.717, 1.165) is 43.0 Å². The molecule has 0 atom stereocenters. The Bertz CT molecular complexity index is 779. The second-order valence-corrected chi connectivity index (χ2v) is 7.12. The molecule has 0 aromatic carbocycles. The van der Waals surface area contributed by atoms with E-state index in [-0.39, 0.29) is 0 Å². The highest BCUT2D eigenvalue weighted by atomic mass is 15.2. The number of hydrogen-bond acceptors (Lipinski definition) is 7. The van der Waals surface area contributed by atoms with Crippen molar-refractivity contribution >= 4 is 17.3 Å². The Labute approximate surface area is 154 Å². The summed E-state index contributed by atoms with van der Waals surface area (Å²) in [5, 5.41) is 11.3. The van der Waals surface area contributed by atoms with Crippen LogP contribution in [0.5, 0.6) is 0 Å². The van der Waals surface area contributed by atoms with Crippen LogP contribution in [-0.4, -0.2) is 50.7 Å². The zero-order chi connectivity index (χ0) is 18.7. The maximum Gasteiger partial charge on any atom is 0.145 e. The van der Waals surface area contributed by atoms with E-state index in [1.54, 1.807) is 25.5 Å². The summed E-state index contributed by atoms with van der Waals surface area (Å²) in [6, 6.07) is 2.86. The Kier molecular flexibility index (Phi) is 5.46. The van der Waals surface area contributed by atoms with Crippen LogP contribution in [0.4, 0.5) is 11.6 Å². The van der Waals surface area contributed by atoms with Crippen molar-refractivity contribution in [3.8, 4) is 11.3 Å². The summed E-state index contributed by atoms with van der Waals surface area (Å²) in [6.07, 6.45) is 7.35. The Morgan fingerprint density at radius 3 is 2.65 bits per heavy atom. The fraction of sp³-hybridized carbons (Fsp3) is 0.474. The van der Waals surface area contributed by atoms with Gasteiger partial charge in [-0.2, -0.15) is 0 Å². The van der Waals surface area contributed by atoms with Gasteiger partial charge in [0.25, 0.3) is 0 Å². The second kappa shape index (κ2) is 7.78. The molecule has 0 spiro atoms. The first-order valence-electron chi connectivity index (χ1n) is 9.08. The summed E-state index contributed by atoms with van der Waals surface area (Å²) < 4.78 is 0. The average molecular weight is 353 g/mol. The highest BCUT2D eigenvalue weighted by molar-refractivity contribution is 6.01. The first-order chi connectivity index (χ1) is 12.4. The predicted octanol–water partition coefficient (Wildman–Crippen LogP) is 2.79. The predicted molar refractivity (Wildman–Crippen MR) is 106 cm³/mol. The third kappa shape index (κ3) is 4.16. The lowest BCUT2D eigenvalue weighted by molar-refractivity contribution is 0.177. The van der Waals surface area contributed by atoms with Gasteiger partial charge in [0.05, 0.1) is 18.1 Å². The maximum atomic E-state index is 7.82. The van der Waals surface area contributed by atoms with E-state index in [9.17, 15) is 0 Å². The lowest BCUT2D eigenvalue weighted by Gasteiger charge is -2.35. The van der Waals surface area contributed by atoms with Crippen molar-refractivity contribution in [2.24, 2.45) is 0 Å². The number of hydrogen-bond donors (Lipinski definition) is 3. The van der Waals surface area contributed by atoms with Gasteiger partial charge in [-0.05, 0) is 39.7 Å². The maximum absolute atomic E-state index is 7.82. The van der Waals surface area contributed by atoms with Crippen LogP contribution < -0.4 is 11.1 Å². The number of nitrogens with one attached hydrogen (secondary N) is 2. The van der Waals surface area contributed by atoms with E-state index < -0.39 is 0 Å². The van der Waals surface area contributed by atoms with Crippen LogP contribution in [0.15, 0.2) is 24.7 Å². The molecule has 3 heterocycles. The number of aromatic nitrogens is 3. The molecule has 0 bridgehead atoms. The second-order valence-electron chi connectivity index (χ2n) is 7.12. The van der Waals surface area contributed by atoms with Crippen molar-refractivity contribution in [1.82, 2.24) is 19.9 Å². The molecule has 0 unspecified atom stereocenters. The van der Waals surface area contributed by atoms with Crippen molar-refractivity contribution in [2.45, 2.75) is 45.7 Å². The van der Waals surface area contributed by atoms with Gasteiger partial charge in [-0.25, -0.2) is 9.97 Å². The molecule has 2 aromatic rings. The summed E-state index contributed by atoms with van der Waals surface area (Å²) in [4.78, 5) is 15.7. The number of nitrogens with zero attached hydrogens (tertiary/aromatic N) is 4. The molecule has 0 radical (unpaired) electrons. The van der Waals surface area contributed by atoms with Gasteiger partial charge >= 0.3 is 0 Å². The molecule has 7 nitrogen and oxygen atoms in total. The Hall–Kier alpha value is -2.54. The molecule has 1 fully saturated rings. The molecule has 7 heteroatoms. The van der Waals surface area contributed by atoms with Crippen LogP contribution in [0.3, 0.4) is 0 Å². The summed E-state index contributed by atoms with van der Waals surface area (Å²) in [5.41, 5.74) is 8.40. The van der Waals surface area contributed by atoms with Crippen molar-refractivity contribution in [2.75, 3.05) is 24.1 Å².